The highest BCUT2D eigenvalue weighted by molar-refractivity contribution is 5.57. The molecule has 3 heteroatoms. The van der Waals surface area contributed by atoms with E-state index >= 15 is 0 Å². The number of hydrogen-bond donors (Lipinski definition) is 1. The molecular formula is C14H21FN2. The van der Waals surface area contributed by atoms with E-state index in [9.17, 15) is 4.39 Å². The lowest BCUT2D eigenvalue weighted by Gasteiger charge is -2.25. The van der Waals surface area contributed by atoms with E-state index in [1.54, 1.807) is 6.92 Å². The number of likely N-dealkylation sites (N-methyl/N-ethyl adjacent to an activating group) is 1. The van der Waals surface area contributed by atoms with Crippen LogP contribution in [0.2, 0.25) is 0 Å². The zero-order chi connectivity index (χ0) is 13.2. The summed E-state index contributed by atoms with van der Waals surface area (Å²) in [6.07, 6.45) is 0. The van der Waals surface area contributed by atoms with Gasteiger partial charge in [-0.15, -0.1) is 0 Å². The Morgan fingerprint density at radius 2 is 2.12 bits per heavy atom. The molecule has 94 valence electrons. The standard InChI is InChI=1S/C14H21FN2/c1-9(2)8-17(5)14-6-10(3)13(15)7-12(14)11(4)16/h6-7,11H,1,8,16H2,2-5H3. The molecule has 0 aliphatic rings. The second kappa shape index (κ2) is 5.32. The van der Waals surface area contributed by atoms with Crippen LogP contribution in [0.3, 0.4) is 0 Å². The smallest absolute Gasteiger partial charge is 0.126 e. The Morgan fingerprint density at radius 1 is 1.53 bits per heavy atom. The maximum Gasteiger partial charge on any atom is 0.126 e. The van der Waals surface area contributed by atoms with Crippen molar-refractivity contribution in [1.29, 1.82) is 0 Å². The fraction of sp³-hybridized carbons (Fsp3) is 0.429. The van der Waals surface area contributed by atoms with Gasteiger partial charge in [0.25, 0.3) is 0 Å². The fourth-order valence-electron chi connectivity index (χ4n) is 1.87. The Balaban J connectivity index is 3.20. The van der Waals surface area contributed by atoms with Gasteiger partial charge in [0, 0.05) is 25.3 Å². The second-order valence-corrected chi connectivity index (χ2v) is 4.76. The Morgan fingerprint density at radius 3 is 2.59 bits per heavy atom. The van der Waals surface area contributed by atoms with E-state index in [4.69, 9.17) is 5.73 Å². The summed E-state index contributed by atoms with van der Waals surface area (Å²) in [6.45, 7) is 10.2. The molecule has 0 bridgehead atoms. The van der Waals surface area contributed by atoms with E-state index in [1.807, 2.05) is 31.9 Å². The summed E-state index contributed by atoms with van der Waals surface area (Å²) in [5, 5.41) is 0. The van der Waals surface area contributed by atoms with Crippen LogP contribution < -0.4 is 10.6 Å². The van der Waals surface area contributed by atoms with Gasteiger partial charge in [-0.3, -0.25) is 0 Å². The Kier molecular flexibility index (Phi) is 4.29. The van der Waals surface area contributed by atoms with Gasteiger partial charge in [0.2, 0.25) is 0 Å². The highest BCUT2D eigenvalue weighted by Gasteiger charge is 2.14. The van der Waals surface area contributed by atoms with Crippen LogP contribution in [0.25, 0.3) is 0 Å². The predicted octanol–water partition coefficient (Wildman–Crippen LogP) is 3.17. The van der Waals surface area contributed by atoms with Crippen molar-refractivity contribution in [2.45, 2.75) is 26.8 Å². The van der Waals surface area contributed by atoms with Crippen molar-refractivity contribution in [1.82, 2.24) is 0 Å². The molecule has 1 unspecified atom stereocenters. The van der Waals surface area contributed by atoms with Crippen LogP contribution in [0.5, 0.6) is 0 Å². The summed E-state index contributed by atoms with van der Waals surface area (Å²) in [6, 6.07) is 3.19. The fourth-order valence-corrected chi connectivity index (χ4v) is 1.87. The van der Waals surface area contributed by atoms with Crippen LogP contribution in [0.15, 0.2) is 24.3 Å². The molecule has 1 rings (SSSR count). The molecule has 0 aliphatic heterocycles. The number of anilines is 1. The van der Waals surface area contributed by atoms with Gasteiger partial charge in [0.15, 0.2) is 0 Å². The van der Waals surface area contributed by atoms with Gasteiger partial charge in [-0.25, -0.2) is 4.39 Å². The van der Waals surface area contributed by atoms with E-state index in [0.717, 1.165) is 23.4 Å². The van der Waals surface area contributed by atoms with Crippen molar-refractivity contribution in [3.05, 3.63) is 41.2 Å². The van der Waals surface area contributed by atoms with Gasteiger partial charge >= 0.3 is 0 Å². The maximum atomic E-state index is 13.6. The van der Waals surface area contributed by atoms with E-state index in [0.29, 0.717) is 5.56 Å². The molecule has 0 spiro atoms. The summed E-state index contributed by atoms with van der Waals surface area (Å²) < 4.78 is 13.6. The Labute approximate surface area is 103 Å². The van der Waals surface area contributed by atoms with E-state index in [-0.39, 0.29) is 11.9 Å². The molecule has 17 heavy (non-hydrogen) atoms. The monoisotopic (exact) mass is 236 g/mol. The molecule has 2 N–H and O–H groups in total. The third-order valence-corrected chi connectivity index (χ3v) is 2.72. The number of halogens is 1. The van der Waals surface area contributed by atoms with Crippen molar-refractivity contribution >= 4 is 5.69 Å². The van der Waals surface area contributed by atoms with Gasteiger partial charge < -0.3 is 10.6 Å². The van der Waals surface area contributed by atoms with E-state index in [2.05, 4.69) is 6.58 Å². The van der Waals surface area contributed by atoms with Crippen molar-refractivity contribution < 1.29 is 4.39 Å². The van der Waals surface area contributed by atoms with Crippen LogP contribution in [-0.4, -0.2) is 13.6 Å². The molecule has 0 fully saturated rings. The summed E-state index contributed by atoms with van der Waals surface area (Å²) >= 11 is 0. The maximum absolute atomic E-state index is 13.6. The van der Waals surface area contributed by atoms with Crippen LogP contribution in [0.1, 0.15) is 31.0 Å². The summed E-state index contributed by atoms with van der Waals surface area (Å²) in [5.74, 6) is -0.204. The van der Waals surface area contributed by atoms with Gasteiger partial charge in [0.05, 0.1) is 0 Å². The number of benzene rings is 1. The van der Waals surface area contributed by atoms with E-state index in [1.165, 1.54) is 6.07 Å². The SMILES string of the molecule is C=C(C)CN(C)c1cc(C)c(F)cc1C(C)N. The van der Waals surface area contributed by atoms with Crippen molar-refractivity contribution in [3.63, 3.8) is 0 Å². The van der Waals surface area contributed by atoms with Crippen LogP contribution in [0, 0.1) is 12.7 Å². The van der Waals surface area contributed by atoms with Crippen molar-refractivity contribution in [2.75, 3.05) is 18.5 Å². The zero-order valence-corrected chi connectivity index (χ0v) is 11.0. The average Bonchev–Trinajstić information content (AvgIpc) is 2.19. The highest BCUT2D eigenvalue weighted by atomic mass is 19.1. The Bertz CT molecular complexity index is 424. The molecular weight excluding hydrogens is 215 g/mol. The summed E-state index contributed by atoms with van der Waals surface area (Å²) in [7, 11) is 1.97. The zero-order valence-electron chi connectivity index (χ0n) is 11.0. The molecule has 0 amide bonds. The van der Waals surface area contributed by atoms with Gasteiger partial charge in [-0.2, -0.15) is 0 Å². The lowest BCUT2D eigenvalue weighted by molar-refractivity contribution is 0.613. The topological polar surface area (TPSA) is 29.3 Å². The van der Waals surface area contributed by atoms with E-state index < -0.39 is 0 Å². The molecule has 0 radical (unpaired) electrons. The van der Waals surface area contributed by atoms with Crippen LogP contribution >= 0.6 is 0 Å². The normalized spacial score (nSPS) is 12.4. The molecule has 2 nitrogen and oxygen atoms in total. The number of nitrogens with two attached hydrogens (primary N) is 1. The highest BCUT2D eigenvalue weighted by Crippen LogP contribution is 2.28. The second-order valence-electron chi connectivity index (χ2n) is 4.76. The third-order valence-electron chi connectivity index (χ3n) is 2.72. The van der Waals surface area contributed by atoms with Gasteiger partial charge in [-0.05, 0) is 44.0 Å². The predicted molar refractivity (Wildman–Crippen MR) is 71.8 cm³/mol. The number of aryl methyl sites for hydroxylation is 1. The third kappa shape index (κ3) is 3.30. The summed E-state index contributed by atoms with van der Waals surface area (Å²) in [5.41, 5.74) is 9.39. The molecule has 0 saturated heterocycles. The summed E-state index contributed by atoms with van der Waals surface area (Å²) in [4.78, 5) is 2.05. The van der Waals surface area contributed by atoms with Crippen LogP contribution in [-0.2, 0) is 0 Å². The van der Waals surface area contributed by atoms with Gasteiger partial charge in [0.1, 0.15) is 5.82 Å². The number of rotatable bonds is 4. The lowest BCUT2D eigenvalue weighted by atomic mass is 10.0. The van der Waals surface area contributed by atoms with Crippen molar-refractivity contribution in [3.8, 4) is 0 Å². The molecule has 1 aromatic carbocycles. The first-order valence-corrected chi connectivity index (χ1v) is 5.74. The first-order valence-electron chi connectivity index (χ1n) is 5.74. The molecule has 0 heterocycles. The molecule has 0 aromatic heterocycles. The first-order chi connectivity index (χ1) is 7.82. The molecule has 1 atom stereocenters. The van der Waals surface area contributed by atoms with Gasteiger partial charge in [-0.1, -0.05) is 12.2 Å². The molecule has 0 saturated carbocycles. The largest absolute Gasteiger partial charge is 0.370 e. The minimum Gasteiger partial charge on any atom is -0.370 e. The number of hydrogen-bond acceptors (Lipinski definition) is 2. The molecule has 1 aromatic rings. The minimum absolute atomic E-state index is 0.187. The average molecular weight is 236 g/mol. The number of nitrogens with zero attached hydrogens (tertiary/aromatic N) is 1. The Hall–Kier alpha value is -1.35. The van der Waals surface area contributed by atoms with Crippen molar-refractivity contribution in [2.24, 2.45) is 5.73 Å². The molecule has 0 aliphatic carbocycles. The quantitative estimate of drug-likeness (QED) is 0.814. The van der Waals surface area contributed by atoms with Crippen LogP contribution in [0.4, 0.5) is 10.1 Å². The first kappa shape index (κ1) is 13.7. The minimum atomic E-state index is -0.204. The lowest BCUT2D eigenvalue weighted by Crippen LogP contribution is -2.22.